The first-order chi connectivity index (χ1) is 16.7. The van der Waals surface area contributed by atoms with Crippen LogP contribution >= 0.6 is 11.6 Å². The Labute approximate surface area is 213 Å². The molecule has 0 spiro atoms. The summed E-state index contributed by atoms with van der Waals surface area (Å²) in [5, 5.41) is 4.21. The van der Waals surface area contributed by atoms with Crippen LogP contribution in [0.4, 0.5) is 11.4 Å². The van der Waals surface area contributed by atoms with Crippen molar-refractivity contribution in [3.8, 4) is 0 Å². The smallest absolute Gasteiger partial charge is 0.242 e. The molecule has 1 amide bonds. The molecule has 5 nitrogen and oxygen atoms in total. The van der Waals surface area contributed by atoms with Crippen LogP contribution in [-0.4, -0.2) is 36.2 Å². The second-order valence-corrected chi connectivity index (χ2v) is 11.5. The molecule has 2 unspecified atom stereocenters. The van der Waals surface area contributed by atoms with E-state index in [9.17, 15) is 9.59 Å². The van der Waals surface area contributed by atoms with Gasteiger partial charge in [0.25, 0.3) is 0 Å². The van der Waals surface area contributed by atoms with Gasteiger partial charge in [-0.1, -0.05) is 62.7 Å². The Morgan fingerprint density at radius 1 is 1.11 bits per heavy atom. The summed E-state index contributed by atoms with van der Waals surface area (Å²) in [7, 11) is 0. The molecule has 0 bridgehead atoms. The molecule has 2 aromatic carbocycles. The molecule has 6 heteroatoms. The summed E-state index contributed by atoms with van der Waals surface area (Å²) in [6.45, 7) is 8.23. The van der Waals surface area contributed by atoms with E-state index >= 15 is 0 Å². The number of likely N-dealkylation sites (tertiary alicyclic amines) is 1. The maximum absolute atomic E-state index is 13.8. The van der Waals surface area contributed by atoms with Crippen molar-refractivity contribution < 1.29 is 9.59 Å². The lowest BCUT2D eigenvalue weighted by Gasteiger charge is -2.39. The third-order valence-electron chi connectivity index (χ3n) is 7.52. The number of nitrogens with one attached hydrogen (secondary N) is 1. The van der Waals surface area contributed by atoms with Crippen LogP contribution in [0.3, 0.4) is 0 Å². The van der Waals surface area contributed by atoms with Crippen molar-refractivity contribution in [3.05, 3.63) is 70.4 Å². The van der Waals surface area contributed by atoms with Gasteiger partial charge in [-0.15, -0.1) is 0 Å². The molecule has 5 rings (SSSR count). The number of para-hydroxylation sites is 2. The Kier molecular flexibility index (Phi) is 6.39. The number of carbonyl (C=O) groups is 2. The fraction of sp³-hybridized carbons (Fsp3) is 0.448. The van der Waals surface area contributed by atoms with Crippen molar-refractivity contribution in [1.29, 1.82) is 0 Å². The number of hydrogen-bond donors (Lipinski definition) is 1. The van der Waals surface area contributed by atoms with Crippen LogP contribution in [0.1, 0.15) is 58.1 Å². The third-order valence-corrected chi connectivity index (χ3v) is 7.86. The van der Waals surface area contributed by atoms with Crippen LogP contribution in [0.25, 0.3) is 0 Å². The minimum atomic E-state index is -0.440. The van der Waals surface area contributed by atoms with E-state index in [4.69, 9.17) is 11.6 Å². The molecule has 1 fully saturated rings. The monoisotopic (exact) mass is 491 g/mol. The standard InChI is InChI=1S/C29H34ClN3O2/c1-19-9-8-14-32(17-19)26(35)18-33-24-13-7-6-12-22(24)31-23-15-29(2,3)16-25(34)27(23)28(33)20-10-4-5-11-21(20)30/h4-7,10-13,19,28,31H,8-9,14-18H2,1-3H3. The highest BCUT2D eigenvalue weighted by atomic mass is 35.5. The number of fused-ring (bicyclic) bond motifs is 1. The lowest BCUT2D eigenvalue weighted by Crippen LogP contribution is -2.46. The van der Waals surface area contributed by atoms with Crippen LogP contribution in [0.15, 0.2) is 59.8 Å². The van der Waals surface area contributed by atoms with E-state index in [0.717, 1.165) is 60.6 Å². The van der Waals surface area contributed by atoms with Crippen molar-refractivity contribution in [1.82, 2.24) is 4.90 Å². The van der Waals surface area contributed by atoms with Crippen molar-refractivity contribution in [2.75, 3.05) is 29.9 Å². The number of piperidine rings is 1. The fourth-order valence-electron chi connectivity index (χ4n) is 5.91. The molecule has 0 radical (unpaired) electrons. The number of halogens is 1. The minimum absolute atomic E-state index is 0.0936. The largest absolute Gasteiger partial charge is 0.357 e. The van der Waals surface area contributed by atoms with Crippen molar-refractivity contribution in [2.45, 2.75) is 52.5 Å². The predicted molar refractivity (Wildman–Crippen MR) is 142 cm³/mol. The van der Waals surface area contributed by atoms with Gasteiger partial charge in [0.1, 0.15) is 0 Å². The van der Waals surface area contributed by atoms with E-state index in [1.807, 2.05) is 53.4 Å². The molecule has 0 aromatic heterocycles. The van der Waals surface area contributed by atoms with Crippen molar-refractivity contribution in [3.63, 3.8) is 0 Å². The molecule has 184 valence electrons. The maximum atomic E-state index is 13.8. The Morgan fingerprint density at radius 2 is 1.86 bits per heavy atom. The lowest BCUT2D eigenvalue weighted by atomic mass is 9.73. The Balaban J connectivity index is 1.66. The molecule has 1 saturated heterocycles. The molecule has 2 aromatic rings. The summed E-state index contributed by atoms with van der Waals surface area (Å²) in [6.07, 6.45) is 3.41. The molecular formula is C29H34ClN3O2. The summed E-state index contributed by atoms with van der Waals surface area (Å²) < 4.78 is 0. The van der Waals surface area contributed by atoms with Gasteiger partial charge in [0.15, 0.2) is 5.78 Å². The molecule has 35 heavy (non-hydrogen) atoms. The zero-order chi connectivity index (χ0) is 24.7. The average molecular weight is 492 g/mol. The van der Waals surface area contributed by atoms with Gasteiger partial charge in [-0.2, -0.15) is 0 Å². The zero-order valence-corrected chi connectivity index (χ0v) is 21.6. The number of Topliss-reactive ketones (excluding diaryl/α,β-unsaturated/α-hetero) is 1. The van der Waals surface area contributed by atoms with E-state index in [1.165, 1.54) is 0 Å². The fourth-order valence-corrected chi connectivity index (χ4v) is 6.15. The van der Waals surface area contributed by atoms with E-state index < -0.39 is 6.04 Å². The van der Waals surface area contributed by atoms with Crippen LogP contribution in [0, 0.1) is 11.3 Å². The Morgan fingerprint density at radius 3 is 2.63 bits per heavy atom. The topological polar surface area (TPSA) is 52.7 Å². The Bertz CT molecular complexity index is 1190. The van der Waals surface area contributed by atoms with E-state index in [-0.39, 0.29) is 23.7 Å². The van der Waals surface area contributed by atoms with Crippen LogP contribution in [0.2, 0.25) is 5.02 Å². The first-order valence-corrected chi connectivity index (χ1v) is 13.0. The first-order valence-electron chi connectivity index (χ1n) is 12.6. The summed E-state index contributed by atoms with van der Waals surface area (Å²) in [4.78, 5) is 31.5. The second-order valence-electron chi connectivity index (χ2n) is 11.1. The molecule has 2 atom stereocenters. The number of allylic oxidation sites excluding steroid dienone is 1. The molecule has 2 heterocycles. The predicted octanol–water partition coefficient (Wildman–Crippen LogP) is 6.21. The molecule has 0 saturated carbocycles. The number of anilines is 2. The SMILES string of the molecule is CC1CCCN(C(=O)CN2c3ccccc3NC3=C(C(=O)CC(C)(C)C3)C2c2ccccc2Cl)C1. The van der Waals surface area contributed by atoms with E-state index in [1.54, 1.807) is 0 Å². The van der Waals surface area contributed by atoms with Gasteiger partial charge in [0.2, 0.25) is 5.91 Å². The normalized spacial score (nSPS) is 23.8. The molecule has 3 aliphatic rings. The van der Waals surface area contributed by atoms with Gasteiger partial charge in [-0.3, -0.25) is 9.59 Å². The third kappa shape index (κ3) is 4.71. The van der Waals surface area contributed by atoms with Crippen LogP contribution in [-0.2, 0) is 9.59 Å². The van der Waals surface area contributed by atoms with Crippen LogP contribution in [0.5, 0.6) is 0 Å². The van der Waals surface area contributed by atoms with Gasteiger partial charge >= 0.3 is 0 Å². The van der Waals surface area contributed by atoms with Gasteiger partial charge in [-0.25, -0.2) is 0 Å². The van der Waals surface area contributed by atoms with Gasteiger partial charge in [0, 0.05) is 35.8 Å². The van der Waals surface area contributed by atoms with Gasteiger partial charge in [0.05, 0.1) is 24.0 Å². The highest BCUT2D eigenvalue weighted by Gasteiger charge is 2.42. The zero-order valence-electron chi connectivity index (χ0n) is 20.8. The number of hydrogen-bond acceptors (Lipinski definition) is 4. The van der Waals surface area contributed by atoms with E-state index in [0.29, 0.717) is 17.4 Å². The molecule has 1 N–H and O–H groups in total. The van der Waals surface area contributed by atoms with Gasteiger partial charge < -0.3 is 15.1 Å². The average Bonchev–Trinajstić information content (AvgIpc) is 2.93. The van der Waals surface area contributed by atoms with Crippen molar-refractivity contribution in [2.24, 2.45) is 11.3 Å². The second kappa shape index (κ2) is 9.34. The molecule has 1 aliphatic carbocycles. The van der Waals surface area contributed by atoms with Crippen molar-refractivity contribution >= 4 is 34.7 Å². The lowest BCUT2D eigenvalue weighted by molar-refractivity contribution is -0.131. The summed E-state index contributed by atoms with van der Waals surface area (Å²) in [5.41, 5.74) is 4.21. The maximum Gasteiger partial charge on any atom is 0.242 e. The number of nitrogens with zero attached hydrogens (tertiary/aromatic N) is 2. The summed E-state index contributed by atoms with van der Waals surface area (Å²) >= 11 is 6.77. The number of ketones is 1. The quantitative estimate of drug-likeness (QED) is 0.554. The number of rotatable bonds is 3. The Hall–Kier alpha value is -2.79. The number of amides is 1. The summed E-state index contributed by atoms with van der Waals surface area (Å²) in [5.74, 6) is 0.711. The first kappa shape index (κ1) is 23.9. The van der Waals surface area contributed by atoms with E-state index in [2.05, 4.69) is 31.0 Å². The number of carbonyl (C=O) groups excluding carboxylic acids is 2. The highest BCUT2D eigenvalue weighted by Crippen LogP contribution is 2.49. The minimum Gasteiger partial charge on any atom is -0.357 e. The van der Waals surface area contributed by atoms with Gasteiger partial charge in [-0.05, 0) is 54.4 Å². The number of benzene rings is 2. The molecule has 2 aliphatic heterocycles. The molecular weight excluding hydrogens is 458 g/mol. The highest BCUT2D eigenvalue weighted by molar-refractivity contribution is 6.31. The van der Waals surface area contributed by atoms with Crippen LogP contribution < -0.4 is 10.2 Å². The summed E-state index contributed by atoms with van der Waals surface area (Å²) in [6, 6.07) is 15.3.